The molecule has 0 bridgehead atoms. The maximum atomic E-state index is 15.4. The van der Waals surface area contributed by atoms with Gasteiger partial charge >= 0.3 is 6.09 Å². The number of allylic oxidation sites excluding steroid dienone is 1. The van der Waals surface area contributed by atoms with Gasteiger partial charge in [-0.3, -0.25) is 15.0 Å². The molecular weight excluding hydrogens is 915 g/mol. The van der Waals surface area contributed by atoms with Gasteiger partial charge in [-0.2, -0.15) is 0 Å². The summed E-state index contributed by atoms with van der Waals surface area (Å²) in [5.74, 6) is -0.523. The molecule has 0 radical (unpaired) electrons. The first-order valence-corrected chi connectivity index (χ1v) is 25.4. The lowest BCUT2D eigenvalue weighted by Gasteiger charge is -2.59. The van der Waals surface area contributed by atoms with Gasteiger partial charge in [0.05, 0.1) is 36.3 Å². The fourth-order valence-corrected chi connectivity index (χ4v) is 11.3. The highest BCUT2D eigenvalue weighted by atomic mass is 16.8. The number of aryl methyl sites for hydroxylation is 2. The van der Waals surface area contributed by atoms with Crippen LogP contribution in [0, 0.1) is 41.7 Å². The number of nitro groups is 1. The third-order valence-electron chi connectivity index (χ3n) is 14.9. The molecule has 2 aliphatic heterocycles. The van der Waals surface area contributed by atoms with Crippen molar-refractivity contribution in [3.8, 4) is 23.0 Å². The molecule has 0 spiro atoms. The lowest BCUT2D eigenvalue weighted by Crippen LogP contribution is -2.70. The Labute approximate surface area is 421 Å². The Hall–Kier alpha value is -6.58. The van der Waals surface area contributed by atoms with Crippen LogP contribution < -0.4 is 14.2 Å². The molecule has 5 aromatic rings. The number of ether oxygens (including phenoxy) is 5. The van der Waals surface area contributed by atoms with Gasteiger partial charge in [0.25, 0.3) is 5.69 Å². The molecule has 7 unspecified atom stereocenters. The Morgan fingerprint density at radius 2 is 1.65 bits per heavy atom. The van der Waals surface area contributed by atoms with E-state index in [9.17, 15) is 20.3 Å². The monoisotopic (exact) mass is 979 g/mol. The summed E-state index contributed by atoms with van der Waals surface area (Å²) in [5.41, 5.74) is 5.37. The van der Waals surface area contributed by atoms with Crippen LogP contribution in [0.4, 0.5) is 10.5 Å². The zero-order valence-corrected chi connectivity index (χ0v) is 41.2. The van der Waals surface area contributed by atoms with Crippen LogP contribution in [0.1, 0.15) is 92.4 Å². The molecule has 4 aliphatic rings. The van der Waals surface area contributed by atoms with Gasteiger partial charge in [0.15, 0.2) is 0 Å². The van der Waals surface area contributed by atoms with E-state index in [2.05, 4.69) is 32.6 Å². The number of hydrogen-bond acceptors (Lipinski definition) is 12. The van der Waals surface area contributed by atoms with Crippen LogP contribution in [-0.4, -0.2) is 76.4 Å². The molecule has 1 amide bonds. The van der Waals surface area contributed by atoms with Crippen molar-refractivity contribution in [2.24, 2.45) is 22.9 Å². The standard InChI is InChI=1S/C58H65N3O11/c1-4-31-68-58-53(60(37-42-17-13-16-40-14-5-6-18-47(40)42)57(64)70-44-25-22-43(23-26-44)61(65)66)36-51(59-72-54-20-9-12-32-67-54)49-34-41(15-7-10-29-62)48(19-8-11-30-63)55(56(49)58)50-35-46(27-28-52(50)71-58)69-45-24-21-38(2)39(3)33-45/h4-6,13-14,16-18,21-28,33-35,41,48,53-56,62-63H,1,7-12,15,19-20,29-32,36-37H2,2-3H3. The number of carbonyl (C=O) groups is 1. The first kappa shape index (κ1) is 50.4. The van der Waals surface area contributed by atoms with E-state index in [1.807, 2.05) is 72.8 Å². The molecule has 1 saturated heterocycles. The lowest BCUT2D eigenvalue weighted by molar-refractivity contribution is -0.384. The smallest absolute Gasteiger partial charge is 0.416 e. The number of oxime groups is 1. The first-order chi connectivity index (χ1) is 35.1. The summed E-state index contributed by atoms with van der Waals surface area (Å²) in [7, 11) is 0. The van der Waals surface area contributed by atoms with Gasteiger partial charge in [-0.25, -0.2) is 4.79 Å². The predicted octanol–water partition coefficient (Wildman–Crippen LogP) is 12.0. The Bertz CT molecular complexity index is 2780. The van der Waals surface area contributed by atoms with Crippen LogP contribution in [0.5, 0.6) is 23.0 Å². The predicted molar refractivity (Wildman–Crippen MR) is 274 cm³/mol. The maximum absolute atomic E-state index is 15.4. The molecular formula is C58H65N3O11. The summed E-state index contributed by atoms with van der Waals surface area (Å²) in [6.45, 7) is 9.01. The van der Waals surface area contributed by atoms with Crippen molar-refractivity contribution in [2.75, 3.05) is 26.4 Å². The SMILES string of the molecule is C=CCOC12Oc3ccc(Oc4ccc(C)c(C)c4)cc3C3C(CCCCO)C(CCCCO)C=C(C(=NOC4CCCCO4)CC1N(Cc1cccc4ccccc14)C(=O)Oc1ccc([N+](=O)[O-])cc1)C32. The van der Waals surface area contributed by atoms with Crippen molar-refractivity contribution < 1.29 is 48.5 Å². The number of nitro benzene ring substituents is 1. The Morgan fingerprint density at radius 1 is 0.903 bits per heavy atom. The largest absolute Gasteiger partial charge is 0.459 e. The average molecular weight is 980 g/mol. The van der Waals surface area contributed by atoms with E-state index in [1.165, 1.54) is 24.3 Å². The van der Waals surface area contributed by atoms with Crippen LogP contribution in [-0.2, 0) is 20.9 Å². The number of fused-ring (bicyclic) bond motifs is 3. The van der Waals surface area contributed by atoms with E-state index in [0.717, 1.165) is 77.1 Å². The molecule has 9 rings (SSSR count). The summed E-state index contributed by atoms with van der Waals surface area (Å²) < 4.78 is 33.7. The molecule has 5 aromatic carbocycles. The van der Waals surface area contributed by atoms with Crippen LogP contribution in [0.2, 0.25) is 0 Å². The fourth-order valence-electron chi connectivity index (χ4n) is 11.3. The quantitative estimate of drug-likeness (QED) is 0.0329. The summed E-state index contributed by atoms with van der Waals surface area (Å²) >= 11 is 0. The number of carbonyl (C=O) groups excluding carboxylic acids is 1. The van der Waals surface area contributed by atoms with E-state index < -0.39 is 35.1 Å². The van der Waals surface area contributed by atoms with Crippen molar-refractivity contribution in [1.82, 2.24) is 4.90 Å². The minimum atomic E-state index is -1.60. The highest BCUT2D eigenvalue weighted by Gasteiger charge is 2.66. The lowest BCUT2D eigenvalue weighted by atomic mass is 9.55. The summed E-state index contributed by atoms with van der Waals surface area (Å²) in [5, 5.41) is 38.8. The highest BCUT2D eigenvalue weighted by Crippen LogP contribution is 2.62. The van der Waals surface area contributed by atoms with Crippen molar-refractivity contribution >= 4 is 28.3 Å². The molecule has 1 saturated carbocycles. The Kier molecular flexibility index (Phi) is 16.0. The van der Waals surface area contributed by atoms with Gasteiger partial charge in [-0.05, 0) is 140 Å². The minimum Gasteiger partial charge on any atom is -0.459 e. The zero-order chi connectivity index (χ0) is 50.2. The molecule has 14 nitrogen and oxygen atoms in total. The van der Waals surface area contributed by atoms with E-state index in [1.54, 1.807) is 11.0 Å². The molecule has 378 valence electrons. The molecule has 2 aliphatic carbocycles. The molecule has 14 heteroatoms. The second-order valence-electron chi connectivity index (χ2n) is 19.4. The Balaban J connectivity index is 1.26. The second-order valence-corrected chi connectivity index (χ2v) is 19.4. The van der Waals surface area contributed by atoms with Gasteiger partial charge in [0.2, 0.25) is 12.1 Å². The van der Waals surface area contributed by atoms with E-state index in [4.69, 9.17) is 33.7 Å². The van der Waals surface area contributed by atoms with Crippen LogP contribution in [0.15, 0.2) is 133 Å². The summed E-state index contributed by atoms with van der Waals surface area (Å²) in [6, 6.07) is 30.4. The van der Waals surface area contributed by atoms with Gasteiger partial charge in [0, 0.05) is 49.7 Å². The maximum Gasteiger partial charge on any atom is 0.416 e. The van der Waals surface area contributed by atoms with Crippen LogP contribution >= 0.6 is 0 Å². The van der Waals surface area contributed by atoms with Gasteiger partial charge < -0.3 is 38.7 Å². The minimum absolute atomic E-state index is 0.00504. The Morgan fingerprint density at radius 3 is 2.40 bits per heavy atom. The number of hydrogen-bond donors (Lipinski definition) is 2. The molecule has 0 aromatic heterocycles. The number of benzene rings is 5. The number of non-ortho nitro benzene ring substituents is 1. The summed E-state index contributed by atoms with van der Waals surface area (Å²) in [6.07, 6.45) is 9.65. The number of nitrogens with zero attached hydrogens (tertiary/aromatic N) is 3. The highest BCUT2D eigenvalue weighted by molar-refractivity contribution is 6.03. The van der Waals surface area contributed by atoms with E-state index in [-0.39, 0.29) is 62.0 Å². The van der Waals surface area contributed by atoms with Gasteiger partial charge in [-0.1, -0.05) is 78.7 Å². The van der Waals surface area contributed by atoms with Gasteiger partial charge in [-0.15, -0.1) is 6.58 Å². The van der Waals surface area contributed by atoms with Gasteiger partial charge in [0.1, 0.15) is 29.0 Å². The zero-order valence-electron chi connectivity index (χ0n) is 41.2. The second kappa shape index (κ2) is 22.9. The molecule has 2 N–H and O–H groups in total. The number of aliphatic hydroxyl groups is 2. The molecule has 72 heavy (non-hydrogen) atoms. The van der Waals surface area contributed by atoms with Crippen molar-refractivity contribution in [3.05, 3.63) is 160 Å². The normalized spacial score (nSPS) is 23.8. The van der Waals surface area contributed by atoms with E-state index in [0.29, 0.717) is 48.8 Å². The third-order valence-corrected chi connectivity index (χ3v) is 14.9. The number of unbranched alkanes of at least 4 members (excludes halogenated alkanes) is 2. The number of aliphatic hydroxyl groups excluding tert-OH is 2. The third kappa shape index (κ3) is 10.8. The molecule has 2 fully saturated rings. The first-order valence-electron chi connectivity index (χ1n) is 25.4. The van der Waals surface area contributed by atoms with Crippen molar-refractivity contribution in [3.63, 3.8) is 0 Å². The fraction of sp³-hybridized carbons (Fsp3) is 0.414. The number of rotatable bonds is 20. The van der Waals surface area contributed by atoms with Crippen molar-refractivity contribution in [2.45, 2.75) is 109 Å². The number of amides is 1. The molecule has 2 heterocycles. The average Bonchev–Trinajstić information content (AvgIpc) is 3.39. The van der Waals surface area contributed by atoms with E-state index >= 15 is 4.79 Å². The van der Waals surface area contributed by atoms with Crippen molar-refractivity contribution in [1.29, 1.82) is 0 Å². The molecule has 7 atom stereocenters. The summed E-state index contributed by atoms with van der Waals surface area (Å²) in [4.78, 5) is 34.6. The topological polar surface area (TPSA) is 172 Å². The van der Waals surface area contributed by atoms with Crippen LogP contribution in [0.25, 0.3) is 10.8 Å². The van der Waals surface area contributed by atoms with Crippen LogP contribution in [0.3, 0.4) is 0 Å².